The first-order valence-electron chi connectivity index (χ1n) is 9.04. The van der Waals surface area contributed by atoms with E-state index in [4.69, 9.17) is 10.5 Å². The molecule has 1 atom stereocenters. The number of amides is 1. The van der Waals surface area contributed by atoms with Crippen molar-refractivity contribution in [2.45, 2.75) is 6.17 Å². The van der Waals surface area contributed by atoms with Crippen LogP contribution in [0.15, 0.2) is 48.5 Å². The lowest BCUT2D eigenvalue weighted by molar-refractivity contribution is 0.0388. The van der Waals surface area contributed by atoms with Crippen LogP contribution in [-0.4, -0.2) is 50.2 Å². The Balaban J connectivity index is 1.64. The van der Waals surface area contributed by atoms with Crippen LogP contribution in [0.5, 0.6) is 0 Å². The highest BCUT2D eigenvalue weighted by Gasteiger charge is 2.32. The summed E-state index contributed by atoms with van der Waals surface area (Å²) >= 11 is 0. The standard InChI is InChI=1S/C20H24N4O2/c21-16-6-7-18-17(14-16)20(25)22-19(15-4-2-1-3-5-15)24(18)9-8-23-10-12-26-13-11-23/h1-7,14,19H,8-13,21H2,(H,22,25). The van der Waals surface area contributed by atoms with Crippen molar-refractivity contribution in [3.63, 3.8) is 0 Å². The summed E-state index contributed by atoms with van der Waals surface area (Å²) in [6, 6.07) is 15.7. The number of carbonyl (C=O) groups is 1. The first-order chi connectivity index (χ1) is 12.7. The molecule has 2 heterocycles. The van der Waals surface area contributed by atoms with Crippen molar-refractivity contribution in [3.05, 3.63) is 59.7 Å². The zero-order valence-corrected chi connectivity index (χ0v) is 14.7. The first kappa shape index (κ1) is 16.9. The molecule has 0 bridgehead atoms. The number of fused-ring (bicyclic) bond motifs is 1. The number of benzene rings is 2. The quantitative estimate of drug-likeness (QED) is 0.822. The van der Waals surface area contributed by atoms with Crippen molar-refractivity contribution >= 4 is 17.3 Å². The molecule has 2 aliphatic heterocycles. The molecule has 0 saturated carbocycles. The zero-order valence-electron chi connectivity index (χ0n) is 14.7. The largest absolute Gasteiger partial charge is 0.399 e. The predicted molar refractivity (Wildman–Crippen MR) is 102 cm³/mol. The molecule has 136 valence electrons. The number of rotatable bonds is 4. The second kappa shape index (κ2) is 7.35. The Morgan fingerprint density at radius 1 is 1.08 bits per heavy atom. The fourth-order valence-corrected chi connectivity index (χ4v) is 3.63. The average Bonchev–Trinajstić information content (AvgIpc) is 2.69. The fourth-order valence-electron chi connectivity index (χ4n) is 3.63. The van der Waals surface area contributed by atoms with Crippen LogP contribution < -0.4 is 16.0 Å². The minimum absolute atomic E-state index is 0.0798. The summed E-state index contributed by atoms with van der Waals surface area (Å²) in [5, 5.41) is 3.14. The molecule has 0 radical (unpaired) electrons. The number of morpholine rings is 1. The number of nitrogens with one attached hydrogen (secondary N) is 1. The third-order valence-electron chi connectivity index (χ3n) is 5.03. The number of hydrogen-bond acceptors (Lipinski definition) is 5. The minimum atomic E-state index is -0.180. The van der Waals surface area contributed by atoms with Crippen molar-refractivity contribution < 1.29 is 9.53 Å². The second-order valence-electron chi connectivity index (χ2n) is 6.71. The smallest absolute Gasteiger partial charge is 0.255 e. The van der Waals surface area contributed by atoms with Crippen molar-refractivity contribution in [3.8, 4) is 0 Å². The molecule has 3 N–H and O–H groups in total. The topological polar surface area (TPSA) is 70.8 Å². The molecular weight excluding hydrogens is 328 g/mol. The van der Waals surface area contributed by atoms with Gasteiger partial charge in [0, 0.05) is 31.9 Å². The van der Waals surface area contributed by atoms with E-state index in [2.05, 4.69) is 27.2 Å². The highest BCUT2D eigenvalue weighted by molar-refractivity contribution is 6.02. The highest BCUT2D eigenvalue weighted by atomic mass is 16.5. The summed E-state index contributed by atoms with van der Waals surface area (Å²) in [5.74, 6) is -0.0798. The van der Waals surface area contributed by atoms with E-state index in [1.54, 1.807) is 6.07 Å². The van der Waals surface area contributed by atoms with Gasteiger partial charge in [0.1, 0.15) is 6.17 Å². The van der Waals surface area contributed by atoms with Gasteiger partial charge in [-0.15, -0.1) is 0 Å². The third-order valence-corrected chi connectivity index (χ3v) is 5.03. The summed E-state index contributed by atoms with van der Waals surface area (Å²) in [4.78, 5) is 17.3. The lowest BCUT2D eigenvalue weighted by atomic mass is 10.0. The zero-order chi connectivity index (χ0) is 17.9. The van der Waals surface area contributed by atoms with Gasteiger partial charge >= 0.3 is 0 Å². The lowest BCUT2D eigenvalue weighted by Gasteiger charge is -2.40. The van der Waals surface area contributed by atoms with Gasteiger partial charge in [-0.3, -0.25) is 9.69 Å². The van der Waals surface area contributed by atoms with E-state index < -0.39 is 0 Å². The van der Waals surface area contributed by atoms with E-state index in [0.717, 1.165) is 50.6 Å². The van der Waals surface area contributed by atoms with E-state index in [9.17, 15) is 4.79 Å². The Bertz CT molecular complexity index is 775. The van der Waals surface area contributed by atoms with Crippen molar-refractivity contribution in [2.24, 2.45) is 0 Å². The molecule has 2 aromatic rings. The maximum Gasteiger partial charge on any atom is 0.255 e. The van der Waals surface area contributed by atoms with Crippen LogP contribution in [0, 0.1) is 0 Å². The van der Waals surface area contributed by atoms with Crippen LogP contribution >= 0.6 is 0 Å². The Morgan fingerprint density at radius 3 is 2.62 bits per heavy atom. The number of hydrogen-bond donors (Lipinski definition) is 2. The number of carbonyl (C=O) groups excluding carboxylic acids is 1. The summed E-state index contributed by atoms with van der Waals surface area (Å²) in [7, 11) is 0. The Kier molecular flexibility index (Phi) is 4.77. The molecule has 6 heteroatoms. The summed E-state index contributed by atoms with van der Waals surface area (Å²) in [5.41, 5.74) is 9.16. The van der Waals surface area contributed by atoms with Gasteiger partial charge < -0.3 is 20.7 Å². The van der Waals surface area contributed by atoms with Gasteiger partial charge in [-0.2, -0.15) is 0 Å². The molecule has 0 aromatic heterocycles. The molecule has 0 aliphatic carbocycles. The number of anilines is 2. The predicted octanol–water partition coefficient (Wildman–Crippen LogP) is 1.85. The molecule has 26 heavy (non-hydrogen) atoms. The number of nitrogens with two attached hydrogens (primary N) is 1. The summed E-state index contributed by atoms with van der Waals surface area (Å²) in [6.45, 7) is 5.21. The lowest BCUT2D eigenvalue weighted by Crippen LogP contribution is -2.50. The Hall–Kier alpha value is -2.57. The number of nitrogen functional groups attached to an aromatic ring is 1. The Morgan fingerprint density at radius 2 is 1.85 bits per heavy atom. The highest BCUT2D eigenvalue weighted by Crippen LogP contribution is 2.34. The molecule has 1 fully saturated rings. The molecular formula is C20H24N4O2. The van der Waals surface area contributed by atoms with Crippen LogP contribution in [0.2, 0.25) is 0 Å². The monoisotopic (exact) mass is 352 g/mol. The van der Waals surface area contributed by atoms with E-state index in [1.165, 1.54) is 0 Å². The molecule has 2 aliphatic rings. The number of ether oxygens (including phenoxy) is 1. The molecule has 6 nitrogen and oxygen atoms in total. The van der Waals surface area contributed by atoms with Crippen LogP contribution in [0.25, 0.3) is 0 Å². The molecule has 4 rings (SSSR count). The van der Waals surface area contributed by atoms with Gasteiger partial charge in [0.15, 0.2) is 0 Å². The van der Waals surface area contributed by atoms with Gasteiger partial charge in [0.2, 0.25) is 0 Å². The molecule has 1 saturated heterocycles. The summed E-state index contributed by atoms with van der Waals surface area (Å²) < 4.78 is 5.44. The van der Waals surface area contributed by atoms with Crippen LogP contribution in [-0.2, 0) is 4.74 Å². The molecule has 2 aromatic carbocycles. The van der Waals surface area contributed by atoms with E-state index in [-0.39, 0.29) is 12.1 Å². The van der Waals surface area contributed by atoms with Gasteiger partial charge in [0.25, 0.3) is 5.91 Å². The Labute approximate surface area is 153 Å². The fraction of sp³-hybridized carbons (Fsp3) is 0.350. The average molecular weight is 352 g/mol. The summed E-state index contributed by atoms with van der Waals surface area (Å²) in [6.07, 6.45) is -0.180. The van der Waals surface area contributed by atoms with E-state index in [1.807, 2.05) is 30.3 Å². The normalized spacial score (nSPS) is 20.5. The van der Waals surface area contributed by atoms with Gasteiger partial charge in [0.05, 0.1) is 24.5 Å². The van der Waals surface area contributed by atoms with Crippen LogP contribution in [0.4, 0.5) is 11.4 Å². The SMILES string of the molecule is Nc1ccc2c(c1)C(=O)NC(c1ccccc1)N2CCN1CCOCC1. The minimum Gasteiger partial charge on any atom is -0.399 e. The van der Waals surface area contributed by atoms with Gasteiger partial charge in [-0.1, -0.05) is 30.3 Å². The molecule has 1 unspecified atom stereocenters. The number of nitrogens with zero attached hydrogens (tertiary/aromatic N) is 2. The van der Waals surface area contributed by atoms with Gasteiger partial charge in [-0.25, -0.2) is 0 Å². The maximum atomic E-state index is 12.7. The van der Waals surface area contributed by atoms with E-state index >= 15 is 0 Å². The third kappa shape index (κ3) is 3.38. The van der Waals surface area contributed by atoms with Gasteiger partial charge in [-0.05, 0) is 23.8 Å². The second-order valence-corrected chi connectivity index (χ2v) is 6.71. The van der Waals surface area contributed by atoms with Crippen molar-refractivity contribution in [1.29, 1.82) is 0 Å². The maximum absolute atomic E-state index is 12.7. The van der Waals surface area contributed by atoms with Crippen molar-refractivity contribution in [2.75, 3.05) is 50.0 Å². The molecule has 0 spiro atoms. The van der Waals surface area contributed by atoms with Crippen LogP contribution in [0.1, 0.15) is 22.1 Å². The van der Waals surface area contributed by atoms with Crippen molar-refractivity contribution in [1.82, 2.24) is 10.2 Å². The van der Waals surface area contributed by atoms with E-state index in [0.29, 0.717) is 11.3 Å². The first-order valence-corrected chi connectivity index (χ1v) is 9.04. The molecule has 1 amide bonds. The van der Waals surface area contributed by atoms with Crippen LogP contribution in [0.3, 0.4) is 0 Å².